The molecule has 6 nitrogen and oxygen atoms in total. The van der Waals surface area contributed by atoms with Gasteiger partial charge in [0.1, 0.15) is 11.0 Å². The van der Waals surface area contributed by atoms with Crippen LogP contribution in [0, 0.1) is 0 Å². The first-order valence-corrected chi connectivity index (χ1v) is 7.44. The lowest BCUT2D eigenvalue weighted by Gasteiger charge is -2.13. The SMILES string of the molecule is CC(C)n1nccc1NS(=O)(=O)c1ccnc(Cl)c1. The Hall–Kier alpha value is -1.60. The number of pyridine rings is 1. The first-order valence-electron chi connectivity index (χ1n) is 5.58. The fraction of sp³-hybridized carbons (Fsp3) is 0.273. The molecule has 0 saturated carbocycles. The Morgan fingerprint density at radius 3 is 2.68 bits per heavy atom. The molecule has 0 saturated heterocycles. The summed E-state index contributed by atoms with van der Waals surface area (Å²) in [5.74, 6) is 0.405. The van der Waals surface area contributed by atoms with Crippen molar-refractivity contribution in [1.29, 1.82) is 0 Å². The highest BCUT2D eigenvalue weighted by Crippen LogP contribution is 2.19. The normalized spacial score (nSPS) is 11.8. The molecule has 0 spiro atoms. The molecule has 2 aromatic rings. The molecule has 8 heteroatoms. The molecular formula is C11H13ClN4O2S. The third kappa shape index (κ3) is 3.05. The van der Waals surface area contributed by atoms with Crippen LogP contribution in [0.5, 0.6) is 0 Å². The van der Waals surface area contributed by atoms with Gasteiger partial charge in [0.25, 0.3) is 10.0 Å². The molecule has 19 heavy (non-hydrogen) atoms. The molecule has 0 aliphatic rings. The van der Waals surface area contributed by atoms with Gasteiger partial charge in [0.05, 0.1) is 11.1 Å². The minimum Gasteiger partial charge on any atom is -0.264 e. The van der Waals surface area contributed by atoms with Crippen molar-refractivity contribution >= 4 is 27.4 Å². The minimum absolute atomic E-state index is 0.0497. The summed E-state index contributed by atoms with van der Waals surface area (Å²) >= 11 is 5.69. The van der Waals surface area contributed by atoms with Gasteiger partial charge in [0.2, 0.25) is 0 Å². The largest absolute Gasteiger partial charge is 0.264 e. The van der Waals surface area contributed by atoms with Crippen LogP contribution in [0.4, 0.5) is 5.82 Å². The molecular weight excluding hydrogens is 288 g/mol. The summed E-state index contributed by atoms with van der Waals surface area (Å²) in [5, 5.41) is 4.19. The quantitative estimate of drug-likeness (QED) is 0.879. The van der Waals surface area contributed by atoms with Crippen LogP contribution < -0.4 is 4.72 Å². The first kappa shape index (κ1) is 13.8. The van der Waals surface area contributed by atoms with E-state index in [1.807, 2.05) is 13.8 Å². The number of hydrogen-bond acceptors (Lipinski definition) is 4. The Morgan fingerprint density at radius 2 is 2.05 bits per heavy atom. The Balaban J connectivity index is 2.34. The maximum Gasteiger partial charge on any atom is 0.263 e. The van der Waals surface area contributed by atoms with E-state index in [4.69, 9.17) is 11.6 Å². The molecule has 0 aliphatic carbocycles. The van der Waals surface area contributed by atoms with Gasteiger partial charge in [0, 0.05) is 18.3 Å². The van der Waals surface area contributed by atoms with E-state index in [0.717, 1.165) is 0 Å². The zero-order valence-electron chi connectivity index (χ0n) is 10.4. The number of aromatic nitrogens is 3. The van der Waals surface area contributed by atoms with E-state index in [2.05, 4.69) is 14.8 Å². The zero-order valence-corrected chi connectivity index (χ0v) is 12.0. The smallest absolute Gasteiger partial charge is 0.263 e. The maximum absolute atomic E-state index is 12.2. The van der Waals surface area contributed by atoms with Crippen molar-refractivity contribution in [2.45, 2.75) is 24.8 Å². The van der Waals surface area contributed by atoms with Gasteiger partial charge in [0.15, 0.2) is 0 Å². The second-order valence-electron chi connectivity index (χ2n) is 4.17. The van der Waals surface area contributed by atoms with Crippen LogP contribution >= 0.6 is 11.6 Å². The van der Waals surface area contributed by atoms with Gasteiger partial charge in [-0.3, -0.25) is 4.72 Å². The summed E-state index contributed by atoms with van der Waals surface area (Å²) in [4.78, 5) is 3.81. The van der Waals surface area contributed by atoms with Crippen molar-refractivity contribution in [1.82, 2.24) is 14.8 Å². The van der Waals surface area contributed by atoms with Crippen LogP contribution in [0.3, 0.4) is 0 Å². The molecule has 0 bridgehead atoms. The van der Waals surface area contributed by atoms with Gasteiger partial charge in [-0.15, -0.1) is 0 Å². The van der Waals surface area contributed by atoms with E-state index in [-0.39, 0.29) is 16.1 Å². The van der Waals surface area contributed by atoms with E-state index >= 15 is 0 Å². The van der Waals surface area contributed by atoms with E-state index < -0.39 is 10.0 Å². The minimum atomic E-state index is -3.70. The number of nitrogens with one attached hydrogen (secondary N) is 1. The molecule has 0 amide bonds. The van der Waals surface area contributed by atoms with Crippen molar-refractivity contribution in [2.75, 3.05) is 4.72 Å². The van der Waals surface area contributed by atoms with Gasteiger partial charge >= 0.3 is 0 Å². The van der Waals surface area contributed by atoms with Crippen LogP contribution in [-0.2, 0) is 10.0 Å². The summed E-state index contributed by atoms with van der Waals surface area (Å²) in [6.45, 7) is 3.82. The topological polar surface area (TPSA) is 76.9 Å². The molecule has 0 radical (unpaired) electrons. The molecule has 0 aromatic carbocycles. The lowest BCUT2D eigenvalue weighted by atomic mass is 10.4. The predicted octanol–water partition coefficient (Wildman–Crippen LogP) is 2.31. The average Bonchev–Trinajstić information content (AvgIpc) is 2.76. The fourth-order valence-corrected chi connectivity index (χ4v) is 2.86. The van der Waals surface area contributed by atoms with Crippen LogP contribution in [0.25, 0.3) is 0 Å². The van der Waals surface area contributed by atoms with Crippen molar-refractivity contribution in [3.63, 3.8) is 0 Å². The van der Waals surface area contributed by atoms with Crippen molar-refractivity contribution in [3.05, 3.63) is 35.7 Å². The monoisotopic (exact) mass is 300 g/mol. The number of halogens is 1. The van der Waals surface area contributed by atoms with E-state index in [9.17, 15) is 8.42 Å². The summed E-state index contributed by atoms with van der Waals surface area (Å²) < 4.78 is 28.4. The van der Waals surface area contributed by atoms with Gasteiger partial charge in [-0.05, 0) is 26.0 Å². The Kier molecular flexibility index (Phi) is 3.77. The number of hydrogen-bond donors (Lipinski definition) is 1. The number of rotatable bonds is 4. The van der Waals surface area contributed by atoms with E-state index in [1.54, 1.807) is 10.7 Å². The lowest BCUT2D eigenvalue weighted by molar-refractivity contribution is 0.539. The highest BCUT2D eigenvalue weighted by atomic mass is 35.5. The van der Waals surface area contributed by atoms with E-state index in [0.29, 0.717) is 5.82 Å². The number of anilines is 1. The first-order chi connectivity index (χ1) is 8.90. The van der Waals surface area contributed by atoms with Crippen LogP contribution in [0.1, 0.15) is 19.9 Å². The van der Waals surface area contributed by atoms with Gasteiger partial charge in [-0.25, -0.2) is 18.1 Å². The molecule has 2 rings (SSSR count). The molecule has 2 heterocycles. The summed E-state index contributed by atoms with van der Waals surface area (Å²) in [7, 11) is -3.70. The molecule has 1 N–H and O–H groups in total. The second-order valence-corrected chi connectivity index (χ2v) is 6.24. The zero-order chi connectivity index (χ0) is 14.0. The van der Waals surface area contributed by atoms with Crippen molar-refractivity contribution in [3.8, 4) is 0 Å². The summed E-state index contributed by atoms with van der Waals surface area (Å²) in [6, 6.07) is 4.32. The third-order valence-corrected chi connectivity index (χ3v) is 3.97. The summed E-state index contributed by atoms with van der Waals surface area (Å²) in [6.07, 6.45) is 2.88. The third-order valence-electron chi connectivity index (χ3n) is 2.41. The molecule has 102 valence electrons. The highest BCUT2D eigenvalue weighted by molar-refractivity contribution is 7.92. The van der Waals surface area contributed by atoms with Crippen molar-refractivity contribution < 1.29 is 8.42 Å². The second kappa shape index (κ2) is 5.18. The molecule has 0 fully saturated rings. The van der Waals surface area contributed by atoms with E-state index in [1.165, 1.54) is 24.5 Å². The van der Waals surface area contributed by atoms with Gasteiger partial charge in [-0.1, -0.05) is 11.6 Å². The standard InChI is InChI=1S/C11H13ClN4O2S/c1-8(2)16-11(4-6-14-16)15-19(17,18)9-3-5-13-10(12)7-9/h3-8,15H,1-2H3. The molecule has 0 atom stereocenters. The predicted molar refractivity (Wildman–Crippen MR) is 72.7 cm³/mol. The summed E-state index contributed by atoms with van der Waals surface area (Å²) in [5.41, 5.74) is 0. The Bertz CT molecular complexity index is 682. The Morgan fingerprint density at radius 1 is 1.32 bits per heavy atom. The highest BCUT2D eigenvalue weighted by Gasteiger charge is 2.17. The maximum atomic E-state index is 12.2. The fourth-order valence-electron chi connectivity index (χ4n) is 1.56. The van der Waals surface area contributed by atoms with Gasteiger partial charge in [-0.2, -0.15) is 5.10 Å². The Labute approximate surface area is 116 Å². The number of sulfonamides is 1. The lowest BCUT2D eigenvalue weighted by Crippen LogP contribution is -2.17. The van der Waals surface area contributed by atoms with Crippen LogP contribution in [0.2, 0.25) is 5.15 Å². The molecule has 0 aliphatic heterocycles. The van der Waals surface area contributed by atoms with Crippen LogP contribution in [0.15, 0.2) is 35.5 Å². The average molecular weight is 301 g/mol. The van der Waals surface area contributed by atoms with Crippen molar-refractivity contribution in [2.24, 2.45) is 0 Å². The molecule has 2 aromatic heterocycles. The number of nitrogens with zero attached hydrogens (tertiary/aromatic N) is 3. The van der Waals surface area contributed by atoms with Crippen LogP contribution in [-0.4, -0.2) is 23.2 Å². The van der Waals surface area contributed by atoms with Gasteiger partial charge < -0.3 is 0 Å². The molecule has 0 unspecified atom stereocenters.